The monoisotopic (exact) mass is 487 g/mol. The normalized spacial score (nSPS) is 15.0. The quantitative estimate of drug-likeness (QED) is 0.535. The summed E-state index contributed by atoms with van der Waals surface area (Å²) in [5.41, 5.74) is 1.69. The van der Waals surface area contributed by atoms with Crippen molar-refractivity contribution >= 4 is 66.9 Å². The van der Waals surface area contributed by atoms with Gasteiger partial charge in [0.05, 0.1) is 14.9 Å². The van der Waals surface area contributed by atoms with Crippen LogP contribution in [-0.4, -0.2) is 36.7 Å². The van der Waals surface area contributed by atoms with Crippen molar-refractivity contribution in [3.05, 3.63) is 49.9 Å². The van der Waals surface area contributed by atoms with Gasteiger partial charge in [0, 0.05) is 29.6 Å². The number of nitrogens with zero attached hydrogens (tertiary/aromatic N) is 2. The van der Waals surface area contributed by atoms with Crippen molar-refractivity contribution in [2.45, 2.75) is 17.7 Å². The topological polar surface area (TPSA) is 79.4 Å². The molecule has 0 aliphatic carbocycles. The third kappa shape index (κ3) is 4.35. The van der Waals surface area contributed by atoms with Crippen LogP contribution in [-0.2, 0) is 10.0 Å². The lowest BCUT2D eigenvalue weighted by Crippen LogP contribution is -2.27. The maximum absolute atomic E-state index is 12.6. The maximum Gasteiger partial charge on any atom is 0.257 e. The van der Waals surface area contributed by atoms with Crippen molar-refractivity contribution in [2.75, 3.05) is 18.4 Å². The van der Waals surface area contributed by atoms with E-state index in [1.54, 1.807) is 11.4 Å². The number of carbonyl (C=O) groups excluding carboxylic acids is 1. The van der Waals surface area contributed by atoms with E-state index in [1.165, 1.54) is 51.2 Å². The zero-order valence-corrected chi connectivity index (χ0v) is 18.9. The number of rotatable bonds is 5. The maximum atomic E-state index is 12.6. The Morgan fingerprint density at radius 3 is 2.45 bits per heavy atom. The van der Waals surface area contributed by atoms with Crippen LogP contribution in [0.1, 0.15) is 23.2 Å². The van der Waals surface area contributed by atoms with E-state index < -0.39 is 10.0 Å². The second kappa shape index (κ2) is 8.33. The van der Waals surface area contributed by atoms with Crippen LogP contribution in [0.5, 0.6) is 0 Å². The third-order valence-corrected chi connectivity index (χ3v) is 8.63. The fourth-order valence-corrected chi connectivity index (χ4v) is 6.70. The molecular weight excluding hydrogens is 473 g/mol. The second-order valence-corrected chi connectivity index (χ2v) is 11.4. The molecule has 0 spiro atoms. The molecule has 0 bridgehead atoms. The number of thiazole rings is 1. The molecule has 29 heavy (non-hydrogen) atoms. The molecule has 1 fully saturated rings. The number of nitrogens with one attached hydrogen (secondary N) is 1. The molecule has 0 atom stereocenters. The van der Waals surface area contributed by atoms with E-state index >= 15 is 0 Å². The molecule has 0 saturated carbocycles. The summed E-state index contributed by atoms with van der Waals surface area (Å²) in [6.07, 6.45) is 1.75. The van der Waals surface area contributed by atoms with E-state index in [1.807, 2.05) is 0 Å². The van der Waals surface area contributed by atoms with Crippen LogP contribution in [0.15, 0.2) is 40.6 Å². The minimum absolute atomic E-state index is 0.191. The van der Waals surface area contributed by atoms with Crippen molar-refractivity contribution in [3.63, 3.8) is 0 Å². The molecule has 1 aliphatic rings. The van der Waals surface area contributed by atoms with Gasteiger partial charge in [0.25, 0.3) is 5.91 Å². The molecule has 152 valence electrons. The Morgan fingerprint density at radius 1 is 1.14 bits per heavy atom. The molecule has 0 unspecified atom stereocenters. The van der Waals surface area contributed by atoms with Gasteiger partial charge in [-0.25, -0.2) is 13.4 Å². The van der Waals surface area contributed by atoms with Crippen molar-refractivity contribution in [3.8, 4) is 11.3 Å². The first-order chi connectivity index (χ1) is 13.8. The highest BCUT2D eigenvalue weighted by Crippen LogP contribution is 2.39. The largest absolute Gasteiger partial charge is 0.298 e. The summed E-state index contributed by atoms with van der Waals surface area (Å²) in [5, 5.41) is 4.92. The summed E-state index contributed by atoms with van der Waals surface area (Å²) in [7, 11) is -3.50. The average molecular weight is 488 g/mol. The molecule has 1 aliphatic heterocycles. The van der Waals surface area contributed by atoms with E-state index in [0.29, 0.717) is 38.2 Å². The Balaban J connectivity index is 1.47. The van der Waals surface area contributed by atoms with Crippen LogP contribution in [0, 0.1) is 0 Å². The highest BCUT2D eigenvalue weighted by Gasteiger charge is 2.27. The number of aromatic nitrogens is 1. The molecule has 3 aromatic rings. The standard InChI is InChI=1S/C18H15Cl2N3O3S3/c19-15-9-13(16(20)28-15)14-10-27-18(21-14)22-17(24)11-3-5-12(6-4-11)29(25,26)23-7-1-2-8-23/h3-6,9-10H,1-2,7-8H2,(H,21,22,24). The van der Waals surface area contributed by atoms with Crippen LogP contribution in [0.3, 0.4) is 0 Å². The predicted octanol–water partition coefficient (Wildman–Crippen LogP) is 5.22. The number of halogens is 2. The highest BCUT2D eigenvalue weighted by molar-refractivity contribution is 7.89. The number of hydrogen-bond acceptors (Lipinski definition) is 6. The van der Waals surface area contributed by atoms with Crippen molar-refractivity contribution < 1.29 is 13.2 Å². The van der Waals surface area contributed by atoms with Gasteiger partial charge in [-0.2, -0.15) is 4.31 Å². The molecule has 11 heteroatoms. The fourth-order valence-electron chi connectivity index (χ4n) is 2.99. The first-order valence-electron chi connectivity index (χ1n) is 8.67. The Morgan fingerprint density at radius 2 is 1.83 bits per heavy atom. The minimum Gasteiger partial charge on any atom is -0.298 e. The lowest BCUT2D eigenvalue weighted by molar-refractivity contribution is 0.102. The van der Waals surface area contributed by atoms with E-state index in [-0.39, 0.29) is 10.8 Å². The number of anilines is 1. The van der Waals surface area contributed by atoms with Crippen LogP contribution in [0.25, 0.3) is 11.3 Å². The number of benzene rings is 1. The number of carbonyl (C=O) groups is 1. The Labute approximate surface area is 186 Å². The summed E-state index contributed by atoms with van der Waals surface area (Å²) in [4.78, 5) is 17.1. The molecule has 1 aromatic carbocycles. The molecule has 1 N–H and O–H groups in total. The first kappa shape index (κ1) is 20.8. The van der Waals surface area contributed by atoms with Gasteiger partial charge in [0.15, 0.2) is 5.13 Å². The van der Waals surface area contributed by atoms with Crippen LogP contribution in [0.2, 0.25) is 8.67 Å². The van der Waals surface area contributed by atoms with Crippen molar-refractivity contribution in [1.82, 2.24) is 9.29 Å². The second-order valence-electron chi connectivity index (χ2n) is 6.37. The smallest absolute Gasteiger partial charge is 0.257 e. The molecule has 1 saturated heterocycles. The number of sulfonamides is 1. The highest BCUT2D eigenvalue weighted by atomic mass is 35.5. The Bertz CT molecular complexity index is 1150. The summed E-state index contributed by atoms with van der Waals surface area (Å²) >= 11 is 14.6. The number of thiophene rings is 1. The molecule has 4 rings (SSSR count). The Kier molecular flexibility index (Phi) is 5.97. The van der Waals surface area contributed by atoms with Gasteiger partial charge in [0.1, 0.15) is 4.34 Å². The first-order valence-corrected chi connectivity index (χ1v) is 12.6. The van der Waals surface area contributed by atoms with Gasteiger partial charge in [-0.3, -0.25) is 10.1 Å². The zero-order valence-electron chi connectivity index (χ0n) is 14.9. The number of amides is 1. The van der Waals surface area contributed by atoms with Crippen LogP contribution >= 0.6 is 45.9 Å². The van der Waals surface area contributed by atoms with Crippen molar-refractivity contribution in [1.29, 1.82) is 0 Å². The summed E-state index contributed by atoms with van der Waals surface area (Å²) in [6, 6.07) is 7.66. The Hall–Kier alpha value is -1.49. The van der Waals surface area contributed by atoms with Crippen LogP contribution in [0.4, 0.5) is 5.13 Å². The lowest BCUT2D eigenvalue weighted by Gasteiger charge is -2.15. The molecule has 6 nitrogen and oxygen atoms in total. The molecule has 1 amide bonds. The molecule has 0 radical (unpaired) electrons. The third-order valence-electron chi connectivity index (χ3n) is 4.48. The molecule has 3 heterocycles. The van der Waals surface area contributed by atoms with Crippen LogP contribution < -0.4 is 5.32 Å². The van der Waals surface area contributed by atoms with Gasteiger partial charge in [-0.15, -0.1) is 22.7 Å². The van der Waals surface area contributed by atoms with Crippen molar-refractivity contribution in [2.24, 2.45) is 0 Å². The van der Waals surface area contributed by atoms with E-state index in [9.17, 15) is 13.2 Å². The van der Waals surface area contributed by atoms with Gasteiger partial charge < -0.3 is 0 Å². The molecular formula is C18H15Cl2N3O3S3. The lowest BCUT2D eigenvalue weighted by atomic mass is 10.2. The summed E-state index contributed by atoms with van der Waals surface area (Å²) in [5.74, 6) is -0.370. The summed E-state index contributed by atoms with van der Waals surface area (Å²) < 4.78 is 27.7. The number of hydrogen-bond donors (Lipinski definition) is 1. The van der Waals surface area contributed by atoms with E-state index in [0.717, 1.165) is 18.4 Å². The van der Waals surface area contributed by atoms with E-state index in [2.05, 4.69) is 10.3 Å². The average Bonchev–Trinajstić information content (AvgIpc) is 3.43. The predicted molar refractivity (Wildman–Crippen MR) is 118 cm³/mol. The SMILES string of the molecule is O=C(Nc1nc(-c2cc(Cl)sc2Cl)cs1)c1ccc(S(=O)(=O)N2CCCC2)cc1. The van der Waals surface area contributed by atoms with Gasteiger partial charge in [-0.05, 0) is 43.2 Å². The fraction of sp³-hybridized carbons (Fsp3) is 0.222. The van der Waals surface area contributed by atoms with Gasteiger partial charge >= 0.3 is 0 Å². The van der Waals surface area contributed by atoms with Gasteiger partial charge in [-0.1, -0.05) is 23.2 Å². The van der Waals surface area contributed by atoms with E-state index in [4.69, 9.17) is 23.2 Å². The molecule has 2 aromatic heterocycles. The summed E-state index contributed by atoms with van der Waals surface area (Å²) in [6.45, 7) is 1.08. The van der Waals surface area contributed by atoms with Gasteiger partial charge in [0.2, 0.25) is 10.0 Å². The zero-order chi connectivity index (χ0) is 20.6. The minimum atomic E-state index is -3.50.